The average molecular weight is 398 g/mol. The van der Waals surface area contributed by atoms with Gasteiger partial charge in [0.2, 0.25) is 0 Å². The van der Waals surface area contributed by atoms with Crippen molar-refractivity contribution in [1.29, 1.82) is 0 Å². The van der Waals surface area contributed by atoms with Crippen LogP contribution in [-0.4, -0.2) is 63.1 Å². The van der Waals surface area contributed by atoms with E-state index in [1.165, 1.54) is 24.0 Å². The molecule has 1 aromatic heterocycles. The van der Waals surface area contributed by atoms with E-state index in [2.05, 4.69) is 76.8 Å². The molecule has 2 heterocycles. The third kappa shape index (κ3) is 5.84. The van der Waals surface area contributed by atoms with E-state index in [9.17, 15) is 0 Å². The van der Waals surface area contributed by atoms with Crippen LogP contribution in [0.25, 0.3) is 0 Å². The lowest BCUT2D eigenvalue weighted by atomic mass is 10.0. The maximum atomic E-state index is 5.72. The van der Waals surface area contributed by atoms with Crippen LogP contribution in [0.3, 0.4) is 0 Å². The number of hydrogen-bond donors (Lipinski definition) is 2. The predicted octanol–water partition coefficient (Wildman–Crippen LogP) is 3.19. The lowest BCUT2D eigenvalue weighted by molar-refractivity contribution is 0.215. The Morgan fingerprint density at radius 1 is 1.10 bits per heavy atom. The second-order valence-electron chi connectivity index (χ2n) is 8.00. The van der Waals surface area contributed by atoms with Gasteiger partial charge in [-0.05, 0) is 64.6 Å². The maximum absolute atomic E-state index is 5.72. The van der Waals surface area contributed by atoms with Crippen LogP contribution >= 0.6 is 0 Å². The fraction of sp³-hybridized carbons (Fsp3) is 0.522. The Labute approximate surface area is 175 Å². The first-order valence-corrected chi connectivity index (χ1v) is 10.5. The van der Waals surface area contributed by atoms with Crippen molar-refractivity contribution < 1.29 is 4.42 Å². The molecule has 0 radical (unpaired) electrons. The lowest BCUT2D eigenvalue weighted by Crippen LogP contribution is -2.45. The highest BCUT2D eigenvalue weighted by Crippen LogP contribution is 2.25. The Kier molecular flexibility index (Phi) is 7.72. The minimum Gasteiger partial charge on any atom is -0.468 e. The Bertz CT molecular complexity index is 748. The van der Waals surface area contributed by atoms with E-state index in [0.717, 1.165) is 37.9 Å². The van der Waals surface area contributed by atoms with E-state index in [1.54, 1.807) is 6.26 Å². The van der Waals surface area contributed by atoms with Gasteiger partial charge in [0.1, 0.15) is 5.76 Å². The van der Waals surface area contributed by atoms with E-state index < -0.39 is 0 Å². The Hall–Kier alpha value is -2.31. The van der Waals surface area contributed by atoms with Crippen LogP contribution < -0.4 is 10.6 Å². The summed E-state index contributed by atoms with van der Waals surface area (Å²) in [5.41, 5.74) is 2.58. The monoisotopic (exact) mass is 397 g/mol. The molecule has 2 N–H and O–H groups in total. The molecule has 158 valence electrons. The van der Waals surface area contributed by atoms with E-state index >= 15 is 0 Å². The normalized spacial score (nSPS) is 17.5. The van der Waals surface area contributed by atoms with Gasteiger partial charge in [0.05, 0.1) is 18.3 Å². The molecule has 1 aliphatic heterocycles. The molecule has 3 rings (SSSR count). The summed E-state index contributed by atoms with van der Waals surface area (Å²) in [7, 11) is 6.05. The molecule has 2 unspecified atom stereocenters. The standard InChI is InChI=1S/C23H35N5O/c1-18-9-11-19(12-10-18)20(27(3)4)16-25-23(24-2)26-17-21(22-8-7-15-29-22)28-13-5-6-14-28/h7-12,15,20-21H,5-6,13-14,16-17H2,1-4H3,(H2,24,25,26). The van der Waals surface area contributed by atoms with Gasteiger partial charge >= 0.3 is 0 Å². The fourth-order valence-corrected chi connectivity index (χ4v) is 3.94. The van der Waals surface area contributed by atoms with Gasteiger partial charge in [-0.15, -0.1) is 0 Å². The second kappa shape index (κ2) is 10.5. The van der Waals surface area contributed by atoms with Crippen LogP contribution in [-0.2, 0) is 0 Å². The van der Waals surface area contributed by atoms with E-state index in [-0.39, 0.29) is 12.1 Å². The number of nitrogens with one attached hydrogen (secondary N) is 2. The number of aryl methyl sites for hydroxylation is 1. The van der Waals surface area contributed by atoms with Gasteiger partial charge in [0.15, 0.2) is 5.96 Å². The zero-order chi connectivity index (χ0) is 20.6. The molecule has 0 aliphatic carbocycles. The molecule has 6 heteroatoms. The quantitative estimate of drug-likeness (QED) is 0.529. The molecular formula is C23H35N5O. The van der Waals surface area contributed by atoms with Crippen LogP contribution in [0.2, 0.25) is 0 Å². The third-order valence-corrected chi connectivity index (χ3v) is 5.69. The number of likely N-dealkylation sites (tertiary alicyclic amines) is 1. The number of hydrogen-bond acceptors (Lipinski definition) is 4. The van der Waals surface area contributed by atoms with Crippen molar-refractivity contribution in [2.75, 3.05) is 47.3 Å². The summed E-state index contributed by atoms with van der Waals surface area (Å²) in [4.78, 5) is 9.16. The molecule has 2 atom stereocenters. The topological polar surface area (TPSA) is 56.0 Å². The molecule has 0 amide bonds. The van der Waals surface area contributed by atoms with Crippen molar-refractivity contribution in [3.63, 3.8) is 0 Å². The molecule has 29 heavy (non-hydrogen) atoms. The van der Waals surface area contributed by atoms with Gasteiger partial charge in [-0.25, -0.2) is 0 Å². The summed E-state index contributed by atoms with van der Waals surface area (Å²) >= 11 is 0. The van der Waals surface area contributed by atoms with Crippen LogP contribution in [0.15, 0.2) is 52.1 Å². The highest BCUT2D eigenvalue weighted by Gasteiger charge is 2.25. The van der Waals surface area contributed by atoms with Gasteiger partial charge in [-0.2, -0.15) is 0 Å². The first kappa shape index (κ1) is 21.4. The average Bonchev–Trinajstić information content (AvgIpc) is 3.42. The predicted molar refractivity (Wildman–Crippen MR) is 119 cm³/mol. The number of benzene rings is 1. The summed E-state index contributed by atoms with van der Waals surface area (Å²) in [6.07, 6.45) is 4.27. The summed E-state index contributed by atoms with van der Waals surface area (Å²) < 4.78 is 5.72. The van der Waals surface area contributed by atoms with Crippen LogP contribution in [0, 0.1) is 6.92 Å². The molecular weight excluding hydrogens is 362 g/mol. The van der Waals surface area contributed by atoms with E-state index in [0.29, 0.717) is 0 Å². The molecule has 1 aromatic carbocycles. The van der Waals surface area contributed by atoms with Crippen LogP contribution in [0.1, 0.15) is 41.8 Å². The van der Waals surface area contributed by atoms with Crippen molar-refractivity contribution in [3.05, 3.63) is 59.5 Å². The van der Waals surface area contributed by atoms with Crippen molar-refractivity contribution in [1.82, 2.24) is 20.4 Å². The largest absolute Gasteiger partial charge is 0.468 e. The number of aliphatic imine (C=N–C) groups is 1. The zero-order valence-electron chi connectivity index (χ0n) is 18.2. The number of guanidine groups is 1. The molecule has 1 aliphatic rings. The Balaban J connectivity index is 1.59. The second-order valence-corrected chi connectivity index (χ2v) is 8.00. The third-order valence-electron chi connectivity index (χ3n) is 5.69. The van der Waals surface area contributed by atoms with Gasteiger partial charge in [0.25, 0.3) is 0 Å². The SMILES string of the molecule is CN=C(NCC(c1ccc(C)cc1)N(C)C)NCC(c1ccco1)N1CCCC1. The van der Waals surface area contributed by atoms with Crippen molar-refractivity contribution in [2.45, 2.75) is 31.8 Å². The number of likely N-dealkylation sites (N-methyl/N-ethyl adjacent to an activating group) is 1. The van der Waals surface area contributed by atoms with Crippen molar-refractivity contribution >= 4 is 5.96 Å². The zero-order valence-corrected chi connectivity index (χ0v) is 18.2. The van der Waals surface area contributed by atoms with E-state index in [1.807, 2.05) is 13.1 Å². The molecule has 0 saturated carbocycles. The van der Waals surface area contributed by atoms with Gasteiger partial charge in [-0.3, -0.25) is 9.89 Å². The highest BCUT2D eigenvalue weighted by molar-refractivity contribution is 5.79. The van der Waals surface area contributed by atoms with Gasteiger partial charge in [-0.1, -0.05) is 29.8 Å². The van der Waals surface area contributed by atoms with Crippen molar-refractivity contribution in [3.8, 4) is 0 Å². The maximum Gasteiger partial charge on any atom is 0.191 e. The minimum absolute atomic E-state index is 0.229. The summed E-state index contributed by atoms with van der Waals surface area (Å²) in [5.74, 6) is 1.83. The fourth-order valence-electron chi connectivity index (χ4n) is 3.94. The molecule has 2 aromatic rings. The molecule has 0 spiro atoms. The summed E-state index contributed by atoms with van der Waals surface area (Å²) in [6.45, 7) is 5.91. The molecule has 0 bridgehead atoms. The minimum atomic E-state index is 0.229. The number of nitrogens with zero attached hydrogens (tertiary/aromatic N) is 3. The molecule has 6 nitrogen and oxygen atoms in total. The van der Waals surface area contributed by atoms with Gasteiger partial charge < -0.3 is 20.0 Å². The number of rotatable bonds is 8. The first-order chi connectivity index (χ1) is 14.1. The summed E-state index contributed by atoms with van der Waals surface area (Å²) in [5, 5.41) is 7.01. The Morgan fingerprint density at radius 2 is 1.79 bits per heavy atom. The van der Waals surface area contributed by atoms with Crippen LogP contribution in [0.4, 0.5) is 0 Å². The number of furan rings is 1. The summed E-state index contributed by atoms with van der Waals surface area (Å²) in [6, 6.07) is 13.3. The van der Waals surface area contributed by atoms with E-state index in [4.69, 9.17) is 4.42 Å². The molecule has 1 fully saturated rings. The van der Waals surface area contributed by atoms with Gasteiger partial charge in [0, 0.05) is 20.1 Å². The smallest absolute Gasteiger partial charge is 0.191 e. The highest BCUT2D eigenvalue weighted by atomic mass is 16.3. The molecule has 1 saturated heterocycles. The lowest BCUT2D eigenvalue weighted by Gasteiger charge is -2.28. The van der Waals surface area contributed by atoms with Crippen LogP contribution in [0.5, 0.6) is 0 Å². The first-order valence-electron chi connectivity index (χ1n) is 10.5. The van der Waals surface area contributed by atoms with Crippen molar-refractivity contribution in [2.24, 2.45) is 4.99 Å². The Morgan fingerprint density at radius 3 is 2.38 bits per heavy atom.